The Morgan fingerprint density at radius 1 is 1.55 bits per heavy atom. The predicted octanol–water partition coefficient (Wildman–Crippen LogP) is 1.14. The predicted molar refractivity (Wildman–Crippen MR) is 44.6 cm³/mol. The van der Waals surface area contributed by atoms with Crippen LogP contribution in [-0.4, -0.2) is 12.3 Å². The minimum Gasteiger partial charge on any atom is -0.324 e. The summed E-state index contributed by atoms with van der Waals surface area (Å²) in [5.74, 6) is -0.00583. The molecule has 0 atom stereocenters. The van der Waals surface area contributed by atoms with Gasteiger partial charge in [0.05, 0.1) is 6.54 Å². The van der Waals surface area contributed by atoms with E-state index < -0.39 is 0 Å². The first kappa shape index (κ1) is 7.95. The molecule has 1 aromatic carbocycles. The molecule has 0 heterocycles. The minimum absolute atomic E-state index is 0.00583. The molecule has 1 rings (SSSR count). The largest absolute Gasteiger partial charge is 0.324 e. The smallest absolute Gasteiger partial charge is 0.176 e. The number of carbonyl (C=O) groups is 1. The molecule has 0 radical (unpaired) electrons. The molecule has 0 aliphatic carbocycles. The van der Waals surface area contributed by atoms with Gasteiger partial charge in [0.25, 0.3) is 0 Å². The van der Waals surface area contributed by atoms with Crippen LogP contribution in [0, 0.1) is 6.92 Å². The zero-order chi connectivity index (χ0) is 8.27. The number of rotatable bonds is 2. The zero-order valence-corrected chi connectivity index (χ0v) is 6.50. The first-order valence-electron chi connectivity index (χ1n) is 3.54. The summed E-state index contributed by atoms with van der Waals surface area (Å²) in [5, 5.41) is 0. The highest BCUT2D eigenvalue weighted by molar-refractivity contribution is 5.97. The Bertz CT molecular complexity index is 268. The van der Waals surface area contributed by atoms with Gasteiger partial charge in [-0.15, -0.1) is 0 Å². The van der Waals surface area contributed by atoms with Gasteiger partial charge in [-0.25, -0.2) is 0 Å². The summed E-state index contributed by atoms with van der Waals surface area (Å²) in [6, 6.07) is 7.43. The van der Waals surface area contributed by atoms with Crippen LogP contribution in [-0.2, 0) is 0 Å². The quantitative estimate of drug-likeness (QED) is 0.641. The van der Waals surface area contributed by atoms with Crippen molar-refractivity contribution in [3.63, 3.8) is 0 Å². The second-order valence-corrected chi connectivity index (χ2v) is 2.50. The topological polar surface area (TPSA) is 43.1 Å². The molecule has 0 unspecified atom stereocenters. The van der Waals surface area contributed by atoms with Gasteiger partial charge >= 0.3 is 0 Å². The molecule has 0 amide bonds. The third kappa shape index (κ3) is 1.88. The average Bonchev–Trinajstić information content (AvgIpc) is 2.03. The van der Waals surface area contributed by atoms with Crippen molar-refractivity contribution >= 4 is 5.78 Å². The van der Waals surface area contributed by atoms with Gasteiger partial charge in [-0.2, -0.15) is 0 Å². The molecule has 0 saturated heterocycles. The average molecular weight is 149 g/mol. The highest BCUT2D eigenvalue weighted by Gasteiger charge is 2.00. The van der Waals surface area contributed by atoms with Crippen molar-refractivity contribution in [2.24, 2.45) is 5.73 Å². The molecule has 2 N–H and O–H groups in total. The molecule has 11 heavy (non-hydrogen) atoms. The van der Waals surface area contributed by atoms with Crippen molar-refractivity contribution in [2.45, 2.75) is 6.92 Å². The summed E-state index contributed by atoms with van der Waals surface area (Å²) >= 11 is 0. The van der Waals surface area contributed by atoms with Crippen LogP contribution in [0.5, 0.6) is 0 Å². The van der Waals surface area contributed by atoms with E-state index in [9.17, 15) is 4.79 Å². The lowest BCUT2D eigenvalue weighted by atomic mass is 10.1. The SMILES string of the molecule is Cc1cccc(C(=O)CN)c1. The normalized spacial score (nSPS) is 9.64. The van der Waals surface area contributed by atoms with Crippen molar-refractivity contribution in [1.82, 2.24) is 0 Å². The molecule has 0 aliphatic heterocycles. The van der Waals surface area contributed by atoms with Crippen LogP contribution in [0.15, 0.2) is 24.3 Å². The molecule has 0 saturated carbocycles. The Morgan fingerprint density at radius 3 is 2.82 bits per heavy atom. The molecule has 2 nitrogen and oxygen atoms in total. The summed E-state index contributed by atoms with van der Waals surface area (Å²) < 4.78 is 0. The van der Waals surface area contributed by atoms with Gasteiger partial charge in [0, 0.05) is 5.56 Å². The van der Waals surface area contributed by atoms with Crippen LogP contribution >= 0.6 is 0 Å². The van der Waals surface area contributed by atoms with Gasteiger partial charge in [-0.1, -0.05) is 23.8 Å². The van der Waals surface area contributed by atoms with Crippen molar-refractivity contribution in [3.05, 3.63) is 35.4 Å². The molecule has 0 fully saturated rings. The van der Waals surface area contributed by atoms with E-state index in [1.165, 1.54) is 0 Å². The Balaban J connectivity index is 2.96. The highest BCUT2D eigenvalue weighted by atomic mass is 16.1. The molecule has 0 spiro atoms. The monoisotopic (exact) mass is 149 g/mol. The molecule has 2 heteroatoms. The lowest BCUT2D eigenvalue weighted by Crippen LogP contribution is -2.13. The van der Waals surface area contributed by atoms with E-state index in [0.29, 0.717) is 5.56 Å². The molecular formula is C9H11NO. The summed E-state index contributed by atoms with van der Waals surface area (Å²) in [7, 11) is 0. The van der Waals surface area contributed by atoms with Crippen LogP contribution in [0.3, 0.4) is 0 Å². The molecule has 0 aliphatic rings. The number of hydrogen-bond acceptors (Lipinski definition) is 2. The number of ketones is 1. The maximum absolute atomic E-state index is 11.0. The first-order chi connectivity index (χ1) is 5.24. The summed E-state index contributed by atoms with van der Waals surface area (Å²) in [5.41, 5.74) is 6.99. The van der Waals surface area contributed by atoms with Crippen molar-refractivity contribution < 1.29 is 4.79 Å². The second kappa shape index (κ2) is 3.30. The zero-order valence-electron chi connectivity index (χ0n) is 6.50. The number of Topliss-reactive ketones (excluding diaryl/α,β-unsaturated/α-hetero) is 1. The number of nitrogens with two attached hydrogens (primary N) is 1. The second-order valence-electron chi connectivity index (χ2n) is 2.50. The van der Waals surface area contributed by atoms with Crippen LogP contribution in [0.4, 0.5) is 0 Å². The van der Waals surface area contributed by atoms with Crippen LogP contribution in [0.1, 0.15) is 15.9 Å². The van der Waals surface area contributed by atoms with Crippen molar-refractivity contribution in [3.8, 4) is 0 Å². The van der Waals surface area contributed by atoms with E-state index in [-0.39, 0.29) is 12.3 Å². The van der Waals surface area contributed by atoms with Gasteiger partial charge in [-0.05, 0) is 13.0 Å². The number of benzene rings is 1. The van der Waals surface area contributed by atoms with E-state index in [0.717, 1.165) is 5.56 Å². The number of carbonyl (C=O) groups excluding carboxylic acids is 1. The van der Waals surface area contributed by atoms with E-state index in [2.05, 4.69) is 0 Å². The first-order valence-corrected chi connectivity index (χ1v) is 3.54. The summed E-state index contributed by atoms with van der Waals surface area (Å²) in [4.78, 5) is 11.0. The van der Waals surface area contributed by atoms with Crippen LogP contribution < -0.4 is 5.73 Å². The van der Waals surface area contributed by atoms with Crippen molar-refractivity contribution in [2.75, 3.05) is 6.54 Å². The fourth-order valence-electron chi connectivity index (χ4n) is 0.936. The standard InChI is InChI=1S/C9H11NO/c1-7-3-2-4-8(5-7)9(11)6-10/h2-5H,6,10H2,1H3. The molecule has 58 valence electrons. The maximum Gasteiger partial charge on any atom is 0.176 e. The van der Waals surface area contributed by atoms with E-state index in [4.69, 9.17) is 5.73 Å². The Hall–Kier alpha value is -1.15. The van der Waals surface area contributed by atoms with Gasteiger partial charge in [0.2, 0.25) is 0 Å². The number of hydrogen-bond donors (Lipinski definition) is 1. The summed E-state index contributed by atoms with van der Waals surface area (Å²) in [6.45, 7) is 2.04. The van der Waals surface area contributed by atoms with Gasteiger partial charge in [0.15, 0.2) is 5.78 Å². The fraction of sp³-hybridized carbons (Fsp3) is 0.222. The molecule has 0 bridgehead atoms. The third-order valence-electron chi connectivity index (χ3n) is 1.53. The number of aryl methyl sites for hydroxylation is 1. The summed E-state index contributed by atoms with van der Waals surface area (Å²) in [6.07, 6.45) is 0. The molecule has 0 aromatic heterocycles. The van der Waals surface area contributed by atoms with Crippen LogP contribution in [0.25, 0.3) is 0 Å². The van der Waals surface area contributed by atoms with Gasteiger partial charge in [-0.3, -0.25) is 4.79 Å². The maximum atomic E-state index is 11.0. The lowest BCUT2D eigenvalue weighted by molar-refractivity contribution is 0.100. The van der Waals surface area contributed by atoms with Gasteiger partial charge < -0.3 is 5.73 Å². The Labute approximate surface area is 66.0 Å². The van der Waals surface area contributed by atoms with E-state index in [1.807, 2.05) is 25.1 Å². The van der Waals surface area contributed by atoms with Crippen LogP contribution in [0.2, 0.25) is 0 Å². The minimum atomic E-state index is -0.00583. The third-order valence-corrected chi connectivity index (χ3v) is 1.53. The van der Waals surface area contributed by atoms with Gasteiger partial charge in [0.1, 0.15) is 0 Å². The molecular weight excluding hydrogens is 138 g/mol. The lowest BCUT2D eigenvalue weighted by Gasteiger charge is -1.97. The fourth-order valence-corrected chi connectivity index (χ4v) is 0.936. The Morgan fingerprint density at radius 2 is 2.27 bits per heavy atom. The highest BCUT2D eigenvalue weighted by Crippen LogP contribution is 2.03. The van der Waals surface area contributed by atoms with E-state index in [1.54, 1.807) is 6.07 Å². The van der Waals surface area contributed by atoms with E-state index >= 15 is 0 Å². The Kier molecular flexibility index (Phi) is 2.39. The van der Waals surface area contributed by atoms with Crippen molar-refractivity contribution in [1.29, 1.82) is 0 Å². The molecule has 1 aromatic rings.